The fraction of sp³-hybridized carbons (Fsp3) is 0.286. The highest BCUT2D eigenvalue weighted by Gasteiger charge is 2.20. The van der Waals surface area contributed by atoms with Gasteiger partial charge >= 0.3 is 0 Å². The molecule has 0 aliphatic carbocycles. The van der Waals surface area contributed by atoms with Gasteiger partial charge in [0.25, 0.3) is 0 Å². The zero-order valence-corrected chi connectivity index (χ0v) is 17.3. The first-order valence-electron chi connectivity index (χ1n) is 9.25. The highest BCUT2D eigenvalue weighted by atomic mass is 32.2. The molecule has 0 aliphatic rings. The van der Waals surface area contributed by atoms with Gasteiger partial charge in [0.15, 0.2) is 0 Å². The van der Waals surface area contributed by atoms with Gasteiger partial charge in [-0.1, -0.05) is 13.0 Å². The van der Waals surface area contributed by atoms with Crippen LogP contribution >= 0.6 is 0 Å². The van der Waals surface area contributed by atoms with Gasteiger partial charge in [0, 0.05) is 23.6 Å². The summed E-state index contributed by atoms with van der Waals surface area (Å²) < 4.78 is 48.1. The molecule has 0 bridgehead atoms. The number of hydrogen-bond donors (Lipinski definition) is 1. The van der Waals surface area contributed by atoms with E-state index in [1.165, 1.54) is 12.1 Å². The summed E-state index contributed by atoms with van der Waals surface area (Å²) in [4.78, 5) is 0. The van der Waals surface area contributed by atoms with Gasteiger partial charge in [0.1, 0.15) is 17.6 Å². The molecule has 0 aliphatic heterocycles. The number of aromatic nitrogens is 1. The van der Waals surface area contributed by atoms with E-state index in [4.69, 9.17) is 4.74 Å². The minimum absolute atomic E-state index is 0.0846. The molecule has 29 heavy (non-hydrogen) atoms. The Morgan fingerprint density at radius 2 is 1.97 bits per heavy atom. The van der Waals surface area contributed by atoms with Crippen LogP contribution in [0.2, 0.25) is 0 Å². The molecule has 0 fully saturated rings. The minimum Gasteiger partial charge on any atom is -0.497 e. The van der Waals surface area contributed by atoms with Crippen molar-refractivity contribution in [1.29, 1.82) is 5.26 Å². The Morgan fingerprint density at radius 1 is 1.21 bits per heavy atom. The third-order valence-electron chi connectivity index (χ3n) is 4.68. The molecule has 6 nitrogen and oxygen atoms in total. The zero-order chi connectivity index (χ0) is 21.2. The predicted octanol–water partition coefficient (Wildman–Crippen LogP) is 4.50. The molecule has 0 unspecified atom stereocenters. The molecule has 1 heterocycles. The number of rotatable bonds is 7. The fourth-order valence-electron chi connectivity index (χ4n) is 3.43. The van der Waals surface area contributed by atoms with Crippen molar-refractivity contribution < 1.29 is 17.5 Å². The molecule has 0 radical (unpaired) electrons. The van der Waals surface area contributed by atoms with Crippen LogP contribution < -0.4 is 9.46 Å². The number of aryl methyl sites for hydroxylation is 1. The van der Waals surface area contributed by atoms with Gasteiger partial charge in [-0.05, 0) is 37.6 Å². The molecule has 152 valence electrons. The second-order valence-corrected chi connectivity index (χ2v) is 8.42. The highest BCUT2D eigenvalue weighted by molar-refractivity contribution is 7.92. The van der Waals surface area contributed by atoms with Crippen molar-refractivity contribution in [2.24, 2.45) is 0 Å². The first kappa shape index (κ1) is 20.7. The number of fused-ring (bicyclic) bond motifs is 1. The van der Waals surface area contributed by atoms with E-state index >= 15 is 0 Å². The summed E-state index contributed by atoms with van der Waals surface area (Å²) in [6, 6.07) is 11.9. The van der Waals surface area contributed by atoms with Crippen LogP contribution in [0.3, 0.4) is 0 Å². The maximum atomic E-state index is 14.7. The fourth-order valence-corrected chi connectivity index (χ4v) is 4.57. The Bertz CT molecular complexity index is 1210. The van der Waals surface area contributed by atoms with E-state index in [0.29, 0.717) is 35.5 Å². The number of methoxy groups -OCH3 is 1. The standard InChI is InChI=1S/C21H22FN3O3S/c1-4-10-29(26,27)24-19-9-6-14(11-18(19)22)21-17(13-23)16-8-7-15(28-3)12-20(16)25(21)5-2/h6-9,11-12,24H,4-5,10H2,1-3H3. The average Bonchev–Trinajstić information content (AvgIpc) is 3.01. The van der Waals surface area contributed by atoms with E-state index in [1.54, 1.807) is 26.2 Å². The molecular formula is C21H22FN3O3S. The molecule has 3 aromatic rings. The number of nitrogens with zero attached hydrogens (tertiary/aromatic N) is 2. The summed E-state index contributed by atoms with van der Waals surface area (Å²) in [6.07, 6.45) is 0.431. The lowest BCUT2D eigenvalue weighted by molar-refractivity contribution is 0.415. The topological polar surface area (TPSA) is 84.1 Å². The average molecular weight is 415 g/mol. The first-order chi connectivity index (χ1) is 13.8. The van der Waals surface area contributed by atoms with E-state index in [1.807, 2.05) is 23.6 Å². The number of ether oxygens (including phenoxy) is 1. The highest BCUT2D eigenvalue weighted by Crippen LogP contribution is 2.36. The van der Waals surface area contributed by atoms with Crippen molar-refractivity contribution in [3.8, 4) is 23.1 Å². The van der Waals surface area contributed by atoms with Crippen LogP contribution in [0.1, 0.15) is 25.8 Å². The molecule has 3 rings (SSSR count). The summed E-state index contributed by atoms with van der Waals surface area (Å²) in [5.74, 6) is -0.122. The summed E-state index contributed by atoms with van der Waals surface area (Å²) in [5.41, 5.74) is 2.21. The molecule has 2 aromatic carbocycles. The molecule has 1 N–H and O–H groups in total. The summed E-state index contributed by atoms with van der Waals surface area (Å²) >= 11 is 0. The van der Waals surface area contributed by atoms with E-state index in [-0.39, 0.29) is 11.4 Å². The van der Waals surface area contributed by atoms with Gasteiger partial charge < -0.3 is 9.30 Å². The molecule has 0 amide bonds. The Morgan fingerprint density at radius 3 is 2.55 bits per heavy atom. The first-order valence-corrected chi connectivity index (χ1v) is 10.9. The molecule has 8 heteroatoms. The van der Waals surface area contributed by atoms with Crippen molar-refractivity contribution >= 4 is 26.6 Å². The second kappa shape index (κ2) is 8.13. The second-order valence-electron chi connectivity index (χ2n) is 6.58. The lowest BCUT2D eigenvalue weighted by Crippen LogP contribution is -2.17. The molecular weight excluding hydrogens is 393 g/mol. The van der Waals surface area contributed by atoms with Crippen LogP contribution in [0.5, 0.6) is 5.75 Å². The van der Waals surface area contributed by atoms with Gasteiger partial charge in [0.2, 0.25) is 10.0 Å². The summed E-state index contributed by atoms with van der Waals surface area (Å²) in [6.45, 7) is 4.24. The number of halogens is 1. The molecule has 0 saturated heterocycles. The van der Waals surface area contributed by atoms with Gasteiger partial charge in [0.05, 0.1) is 35.3 Å². The van der Waals surface area contributed by atoms with Crippen LogP contribution in [-0.2, 0) is 16.6 Å². The molecule has 0 atom stereocenters. The monoisotopic (exact) mass is 415 g/mol. The number of sulfonamides is 1. The van der Waals surface area contributed by atoms with Crippen LogP contribution in [0, 0.1) is 17.1 Å². The maximum Gasteiger partial charge on any atom is 0.232 e. The van der Waals surface area contributed by atoms with E-state index in [2.05, 4.69) is 10.8 Å². The molecule has 1 aromatic heterocycles. The maximum absolute atomic E-state index is 14.7. The summed E-state index contributed by atoms with van der Waals surface area (Å²) in [7, 11) is -2.03. The van der Waals surface area contributed by atoms with Crippen molar-refractivity contribution in [1.82, 2.24) is 4.57 Å². The Balaban J connectivity index is 2.16. The predicted molar refractivity (Wildman–Crippen MR) is 112 cm³/mol. The van der Waals surface area contributed by atoms with Crippen LogP contribution in [-0.4, -0.2) is 25.8 Å². The Hall–Kier alpha value is -3.05. The normalized spacial score (nSPS) is 11.4. The van der Waals surface area contributed by atoms with Crippen molar-refractivity contribution in [2.75, 3.05) is 17.6 Å². The van der Waals surface area contributed by atoms with Crippen LogP contribution in [0.25, 0.3) is 22.2 Å². The third-order valence-corrected chi connectivity index (χ3v) is 6.16. The van der Waals surface area contributed by atoms with Crippen molar-refractivity contribution in [3.05, 3.63) is 47.8 Å². The lowest BCUT2D eigenvalue weighted by Gasteiger charge is -2.12. The van der Waals surface area contributed by atoms with Gasteiger partial charge in [-0.2, -0.15) is 5.26 Å². The Labute approximate surface area is 169 Å². The van der Waals surface area contributed by atoms with Crippen molar-refractivity contribution in [2.45, 2.75) is 26.8 Å². The molecule has 0 saturated carbocycles. The van der Waals surface area contributed by atoms with E-state index in [9.17, 15) is 18.1 Å². The largest absolute Gasteiger partial charge is 0.497 e. The van der Waals surface area contributed by atoms with E-state index < -0.39 is 15.8 Å². The quantitative estimate of drug-likeness (QED) is 0.616. The number of hydrogen-bond acceptors (Lipinski definition) is 4. The van der Waals surface area contributed by atoms with Crippen LogP contribution in [0.15, 0.2) is 36.4 Å². The number of nitriles is 1. The van der Waals surface area contributed by atoms with Crippen molar-refractivity contribution in [3.63, 3.8) is 0 Å². The lowest BCUT2D eigenvalue weighted by atomic mass is 10.1. The minimum atomic E-state index is -3.60. The molecule has 0 spiro atoms. The van der Waals surface area contributed by atoms with Gasteiger partial charge in [-0.25, -0.2) is 12.8 Å². The van der Waals surface area contributed by atoms with Gasteiger partial charge in [-0.3, -0.25) is 4.72 Å². The Kier molecular flexibility index (Phi) is 5.80. The number of benzene rings is 2. The number of anilines is 1. The zero-order valence-electron chi connectivity index (χ0n) is 16.5. The van der Waals surface area contributed by atoms with Gasteiger partial charge in [-0.15, -0.1) is 0 Å². The SMILES string of the molecule is CCCS(=O)(=O)Nc1ccc(-c2c(C#N)c3ccc(OC)cc3n2CC)cc1F. The van der Waals surface area contributed by atoms with Crippen LogP contribution in [0.4, 0.5) is 10.1 Å². The smallest absolute Gasteiger partial charge is 0.232 e. The third kappa shape index (κ3) is 3.91. The summed E-state index contributed by atoms with van der Waals surface area (Å²) in [5, 5.41) is 10.5. The number of nitrogens with one attached hydrogen (secondary N) is 1. The van der Waals surface area contributed by atoms with E-state index in [0.717, 1.165) is 10.9 Å².